The van der Waals surface area contributed by atoms with Crippen LogP contribution in [0.5, 0.6) is 0 Å². The molecule has 0 atom stereocenters. The van der Waals surface area contributed by atoms with Crippen molar-refractivity contribution in [2.75, 3.05) is 0 Å². The fourth-order valence-corrected chi connectivity index (χ4v) is 3.30. The van der Waals surface area contributed by atoms with Crippen molar-refractivity contribution in [3.63, 3.8) is 0 Å². The summed E-state index contributed by atoms with van der Waals surface area (Å²) in [6, 6.07) is 8.55. The number of benzene rings is 1. The Morgan fingerprint density at radius 1 is 1.24 bits per heavy atom. The summed E-state index contributed by atoms with van der Waals surface area (Å²) in [6.45, 7) is 6.05. The van der Waals surface area contributed by atoms with Crippen LogP contribution in [0.25, 0.3) is 11.0 Å². The lowest BCUT2D eigenvalue weighted by atomic mass is 10.2. The zero-order valence-corrected chi connectivity index (χ0v) is 13.4. The fourth-order valence-electron chi connectivity index (χ4n) is 2.63. The molecular weight excluding hydrogens is 278 g/mol. The first-order valence-corrected chi connectivity index (χ1v) is 8.31. The summed E-state index contributed by atoms with van der Waals surface area (Å²) < 4.78 is 2.36. The molecule has 2 N–H and O–H groups in total. The van der Waals surface area contributed by atoms with Crippen molar-refractivity contribution in [2.24, 2.45) is 11.7 Å². The summed E-state index contributed by atoms with van der Waals surface area (Å²) in [5, 5.41) is 4.32. The molecule has 0 bridgehead atoms. The minimum Gasteiger partial charge on any atom is -0.327 e. The molecule has 0 saturated heterocycles. The van der Waals surface area contributed by atoms with E-state index >= 15 is 0 Å². The summed E-state index contributed by atoms with van der Waals surface area (Å²) in [7, 11) is 0. The smallest absolute Gasteiger partial charge is 0.114 e. The van der Waals surface area contributed by atoms with Gasteiger partial charge in [0.2, 0.25) is 0 Å². The Morgan fingerprint density at radius 2 is 2.10 bits per heavy atom. The van der Waals surface area contributed by atoms with E-state index in [2.05, 4.69) is 53.4 Å². The SMILES string of the molecule is CC(C)Cn1c(Cc2ccsc2)nc2cc(CN)ccc21. The molecule has 0 aliphatic rings. The van der Waals surface area contributed by atoms with E-state index in [9.17, 15) is 0 Å². The van der Waals surface area contributed by atoms with Crippen molar-refractivity contribution >= 4 is 22.4 Å². The Kier molecular flexibility index (Phi) is 4.08. The molecular formula is C17H21N3S. The van der Waals surface area contributed by atoms with Crippen LogP contribution in [0.2, 0.25) is 0 Å². The maximum atomic E-state index is 5.74. The minimum atomic E-state index is 0.562. The first-order valence-electron chi connectivity index (χ1n) is 7.36. The first-order chi connectivity index (χ1) is 10.2. The summed E-state index contributed by atoms with van der Waals surface area (Å²) >= 11 is 1.74. The van der Waals surface area contributed by atoms with Gasteiger partial charge in [0.1, 0.15) is 5.82 Å². The van der Waals surface area contributed by atoms with Crippen molar-refractivity contribution < 1.29 is 0 Å². The third-order valence-electron chi connectivity index (χ3n) is 3.62. The average Bonchev–Trinajstić information content (AvgIpc) is 3.07. The Labute approximate surface area is 129 Å². The number of hydrogen-bond acceptors (Lipinski definition) is 3. The summed E-state index contributed by atoms with van der Waals surface area (Å²) in [6.07, 6.45) is 0.892. The molecule has 0 unspecified atom stereocenters. The van der Waals surface area contributed by atoms with E-state index < -0.39 is 0 Å². The van der Waals surface area contributed by atoms with Crippen molar-refractivity contribution in [3.05, 3.63) is 52.0 Å². The summed E-state index contributed by atoms with van der Waals surface area (Å²) in [5.41, 5.74) is 10.5. The van der Waals surface area contributed by atoms with Gasteiger partial charge < -0.3 is 10.3 Å². The van der Waals surface area contributed by atoms with Gasteiger partial charge in [0.25, 0.3) is 0 Å². The van der Waals surface area contributed by atoms with Gasteiger partial charge in [-0.1, -0.05) is 19.9 Å². The van der Waals surface area contributed by atoms with E-state index in [0.717, 1.165) is 29.9 Å². The topological polar surface area (TPSA) is 43.8 Å². The molecule has 0 aliphatic carbocycles. The van der Waals surface area contributed by atoms with E-state index in [1.165, 1.54) is 11.1 Å². The zero-order chi connectivity index (χ0) is 14.8. The van der Waals surface area contributed by atoms with Crippen molar-refractivity contribution in [3.8, 4) is 0 Å². The van der Waals surface area contributed by atoms with Gasteiger partial charge in [0.15, 0.2) is 0 Å². The van der Waals surface area contributed by atoms with Crippen LogP contribution in [0, 0.1) is 5.92 Å². The number of nitrogens with two attached hydrogens (primary N) is 1. The average molecular weight is 299 g/mol. The predicted molar refractivity (Wildman–Crippen MR) is 89.6 cm³/mol. The second-order valence-electron chi connectivity index (χ2n) is 5.87. The molecule has 0 saturated carbocycles. The Bertz CT molecular complexity index is 726. The molecule has 21 heavy (non-hydrogen) atoms. The largest absolute Gasteiger partial charge is 0.327 e. The Morgan fingerprint density at radius 3 is 2.76 bits per heavy atom. The molecule has 1 aromatic carbocycles. The molecule has 2 aromatic heterocycles. The summed E-state index contributed by atoms with van der Waals surface area (Å²) in [4.78, 5) is 4.86. The predicted octanol–water partition coefficient (Wildman–Crippen LogP) is 3.80. The number of hydrogen-bond donors (Lipinski definition) is 1. The number of nitrogens with zero attached hydrogens (tertiary/aromatic N) is 2. The van der Waals surface area contributed by atoms with Crippen LogP contribution in [-0.2, 0) is 19.5 Å². The van der Waals surface area contributed by atoms with Gasteiger partial charge in [-0.3, -0.25) is 0 Å². The molecule has 3 rings (SSSR count). The Hall–Kier alpha value is -1.65. The molecule has 0 aliphatic heterocycles. The number of thiophene rings is 1. The maximum absolute atomic E-state index is 5.74. The lowest BCUT2D eigenvalue weighted by Crippen LogP contribution is -2.09. The molecule has 2 heterocycles. The molecule has 0 fully saturated rings. The van der Waals surface area contributed by atoms with Gasteiger partial charge in [0, 0.05) is 19.5 Å². The minimum absolute atomic E-state index is 0.562. The van der Waals surface area contributed by atoms with Crippen LogP contribution in [0.4, 0.5) is 0 Å². The quantitative estimate of drug-likeness (QED) is 0.778. The Balaban J connectivity index is 2.07. The third kappa shape index (κ3) is 3.01. The van der Waals surface area contributed by atoms with Gasteiger partial charge in [-0.15, -0.1) is 0 Å². The van der Waals surface area contributed by atoms with E-state index in [4.69, 9.17) is 10.7 Å². The van der Waals surface area contributed by atoms with E-state index in [0.29, 0.717) is 12.5 Å². The van der Waals surface area contributed by atoms with Gasteiger partial charge in [-0.05, 0) is 46.0 Å². The lowest BCUT2D eigenvalue weighted by Gasteiger charge is -2.11. The van der Waals surface area contributed by atoms with Gasteiger partial charge >= 0.3 is 0 Å². The molecule has 0 radical (unpaired) electrons. The molecule has 3 nitrogen and oxygen atoms in total. The second-order valence-corrected chi connectivity index (χ2v) is 6.65. The van der Waals surface area contributed by atoms with Crippen LogP contribution in [-0.4, -0.2) is 9.55 Å². The third-order valence-corrected chi connectivity index (χ3v) is 4.35. The maximum Gasteiger partial charge on any atom is 0.114 e. The van der Waals surface area contributed by atoms with E-state index in [-0.39, 0.29) is 0 Å². The van der Waals surface area contributed by atoms with Crippen LogP contribution in [0.15, 0.2) is 35.0 Å². The van der Waals surface area contributed by atoms with Crippen LogP contribution in [0.3, 0.4) is 0 Å². The van der Waals surface area contributed by atoms with Crippen LogP contribution >= 0.6 is 11.3 Å². The van der Waals surface area contributed by atoms with Crippen molar-refractivity contribution in [1.82, 2.24) is 9.55 Å². The monoisotopic (exact) mass is 299 g/mol. The number of aromatic nitrogens is 2. The molecule has 3 aromatic rings. The van der Waals surface area contributed by atoms with Gasteiger partial charge in [-0.2, -0.15) is 11.3 Å². The highest BCUT2D eigenvalue weighted by atomic mass is 32.1. The van der Waals surface area contributed by atoms with Gasteiger partial charge in [-0.25, -0.2) is 4.98 Å². The zero-order valence-electron chi connectivity index (χ0n) is 12.5. The van der Waals surface area contributed by atoms with E-state index in [1.807, 2.05) is 0 Å². The lowest BCUT2D eigenvalue weighted by molar-refractivity contribution is 0.520. The highest BCUT2D eigenvalue weighted by Crippen LogP contribution is 2.22. The van der Waals surface area contributed by atoms with Gasteiger partial charge in [0.05, 0.1) is 11.0 Å². The standard InChI is InChI=1S/C17H21N3S/c1-12(2)10-20-16-4-3-13(9-18)7-15(16)19-17(20)8-14-5-6-21-11-14/h3-7,11-12H,8-10,18H2,1-2H3. The molecule has 110 valence electrons. The normalized spacial score (nSPS) is 11.6. The van der Waals surface area contributed by atoms with E-state index in [1.54, 1.807) is 11.3 Å². The number of fused-ring (bicyclic) bond motifs is 1. The highest BCUT2D eigenvalue weighted by molar-refractivity contribution is 7.07. The first kappa shape index (κ1) is 14.3. The molecule has 4 heteroatoms. The molecule has 0 amide bonds. The molecule has 0 spiro atoms. The van der Waals surface area contributed by atoms with Crippen LogP contribution in [0.1, 0.15) is 30.8 Å². The van der Waals surface area contributed by atoms with Crippen LogP contribution < -0.4 is 5.73 Å². The van der Waals surface area contributed by atoms with Crippen molar-refractivity contribution in [2.45, 2.75) is 33.4 Å². The second kappa shape index (κ2) is 6.00. The number of rotatable bonds is 5. The van der Waals surface area contributed by atoms with Crippen molar-refractivity contribution in [1.29, 1.82) is 0 Å². The number of imidazole rings is 1. The highest BCUT2D eigenvalue weighted by Gasteiger charge is 2.13. The summed E-state index contributed by atoms with van der Waals surface area (Å²) in [5.74, 6) is 1.74. The fraction of sp³-hybridized carbons (Fsp3) is 0.353.